The van der Waals surface area contributed by atoms with E-state index in [0.717, 1.165) is 29.6 Å². The summed E-state index contributed by atoms with van der Waals surface area (Å²) >= 11 is 0. The van der Waals surface area contributed by atoms with Crippen LogP contribution in [0.15, 0.2) is 34.7 Å². The lowest BCUT2D eigenvalue weighted by atomic mass is 9.98. The first kappa shape index (κ1) is 14.9. The lowest BCUT2D eigenvalue weighted by Gasteiger charge is -2.31. The molecule has 1 fully saturated rings. The normalized spacial score (nSPS) is 17.6. The molecular weight excluding hydrogens is 280 g/mol. The Balaban J connectivity index is 1.61. The summed E-state index contributed by atoms with van der Waals surface area (Å²) in [5.41, 5.74) is 0.836. The number of hydrogen-bond donors (Lipinski definition) is 2. The van der Waals surface area contributed by atoms with E-state index in [4.69, 9.17) is 9.52 Å². The van der Waals surface area contributed by atoms with Crippen molar-refractivity contribution < 1.29 is 14.3 Å². The highest BCUT2D eigenvalue weighted by atomic mass is 16.3. The number of fused-ring (bicyclic) bond motifs is 1. The summed E-state index contributed by atoms with van der Waals surface area (Å²) < 4.78 is 5.79. The third-order valence-electron chi connectivity index (χ3n) is 4.37. The van der Waals surface area contributed by atoms with Crippen molar-refractivity contribution in [1.82, 2.24) is 10.2 Å². The van der Waals surface area contributed by atoms with Gasteiger partial charge in [-0.25, -0.2) is 4.79 Å². The van der Waals surface area contributed by atoms with E-state index in [0.29, 0.717) is 19.0 Å². The zero-order valence-corrected chi connectivity index (χ0v) is 12.8. The molecule has 0 bridgehead atoms. The van der Waals surface area contributed by atoms with Crippen molar-refractivity contribution in [2.75, 3.05) is 19.7 Å². The molecule has 5 heteroatoms. The molecule has 1 unspecified atom stereocenters. The predicted octanol–water partition coefficient (Wildman–Crippen LogP) is 2.91. The first-order chi connectivity index (χ1) is 10.7. The predicted molar refractivity (Wildman–Crippen MR) is 84.5 cm³/mol. The van der Waals surface area contributed by atoms with Gasteiger partial charge in [0.25, 0.3) is 0 Å². The van der Waals surface area contributed by atoms with Crippen LogP contribution in [0.5, 0.6) is 0 Å². The van der Waals surface area contributed by atoms with Crippen LogP contribution >= 0.6 is 0 Å². The van der Waals surface area contributed by atoms with E-state index < -0.39 is 0 Å². The molecule has 2 amide bonds. The molecule has 1 saturated heterocycles. The number of amides is 2. The van der Waals surface area contributed by atoms with Crippen molar-refractivity contribution in [1.29, 1.82) is 0 Å². The van der Waals surface area contributed by atoms with Crippen LogP contribution in [-0.2, 0) is 0 Å². The average molecular weight is 302 g/mol. The minimum Gasteiger partial charge on any atom is -0.459 e. The van der Waals surface area contributed by atoms with Gasteiger partial charge in [-0.3, -0.25) is 0 Å². The smallest absolute Gasteiger partial charge is 0.317 e. The molecule has 118 valence electrons. The SMILES string of the molecule is CC(NC(=O)N1CCC(CO)CC1)c1cc2ccccc2o1. The molecule has 1 aliphatic heterocycles. The van der Waals surface area contributed by atoms with Gasteiger partial charge in [-0.05, 0) is 37.8 Å². The molecule has 1 aromatic heterocycles. The molecular formula is C17H22N2O3. The standard InChI is InChI=1S/C17H22N2O3/c1-12(16-10-14-4-2-3-5-15(14)22-16)18-17(21)19-8-6-13(11-20)7-9-19/h2-5,10,12-13,20H,6-9,11H2,1H3,(H,18,21). The Morgan fingerprint density at radius 2 is 2.14 bits per heavy atom. The molecule has 3 rings (SSSR count). The maximum atomic E-state index is 12.3. The zero-order chi connectivity index (χ0) is 15.5. The lowest BCUT2D eigenvalue weighted by Crippen LogP contribution is -2.45. The third-order valence-corrected chi connectivity index (χ3v) is 4.37. The van der Waals surface area contributed by atoms with Crippen molar-refractivity contribution in [3.8, 4) is 0 Å². The fraction of sp³-hybridized carbons (Fsp3) is 0.471. The second-order valence-electron chi connectivity index (χ2n) is 5.97. The Hall–Kier alpha value is -2.01. The molecule has 2 aromatic rings. The van der Waals surface area contributed by atoms with Gasteiger partial charge >= 0.3 is 6.03 Å². The number of urea groups is 1. The Labute approximate surface area is 129 Å². The number of para-hydroxylation sites is 1. The summed E-state index contributed by atoms with van der Waals surface area (Å²) in [6, 6.07) is 9.56. The van der Waals surface area contributed by atoms with Gasteiger partial charge in [0.15, 0.2) is 0 Å². The highest BCUT2D eigenvalue weighted by molar-refractivity contribution is 5.78. The first-order valence-corrected chi connectivity index (χ1v) is 7.82. The van der Waals surface area contributed by atoms with Gasteiger partial charge in [0.1, 0.15) is 11.3 Å². The van der Waals surface area contributed by atoms with Crippen LogP contribution in [0.2, 0.25) is 0 Å². The largest absolute Gasteiger partial charge is 0.459 e. The van der Waals surface area contributed by atoms with E-state index in [9.17, 15) is 4.79 Å². The topological polar surface area (TPSA) is 65.7 Å². The fourth-order valence-electron chi connectivity index (χ4n) is 2.88. The van der Waals surface area contributed by atoms with E-state index in [1.54, 1.807) is 0 Å². The van der Waals surface area contributed by atoms with E-state index in [1.807, 2.05) is 42.2 Å². The Bertz CT molecular complexity index is 611. The fourth-order valence-corrected chi connectivity index (χ4v) is 2.88. The summed E-state index contributed by atoms with van der Waals surface area (Å²) in [7, 11) is 0. The summed E-state index contributed by atoms with van der Waals surface area (Å²) in [5.74, 6) is 1.09. The molecule has 1 aromatic carbocycles. The van der Waals surface area contributed by atoms with E-state index in [1.165, 1.54) is 0 Å². The zero-order valence-electron chi connectivity index (χ0n) is 12.8. The number of likely N-dealkylation sites (tertiary alicyclic amines) is 1. The van der Waals surface area contributed by atoms with Crippen molar-refractivity contribution in [3.05, 3.63) is 36.1 Å². The summed E-state index contributed by atoms with van der Waals surface area (Å²) in [5, 5.41) is 13.2. The molecule has 0 spiro atoms. The van der Waals surface area contributed by atoms with Gasteiger partial charge in [0.05, 0.1) is 6.04 Å². The molecule has 0 saturated carbocycles. The minimum atomic E-state index is -0.171. The third kappa shape index (κ3) is 3.09. The maximum Gasteiger partial charge on any atom is 0.317 e. The maximum absolute atomic E-state index is 12.3. The number of aliphatic hydroxyl groups is 1. The molecule has 1 atom stereocenters. The van der Waals surface area contributed by atoms with E-state index in [2.05, 4.69) is 5.32 Å². The second-order valence-corrected chi connectivity index (χ2v) is 5.97. The van der Waals surface area contributed by atoms with Crippen LogP contribution in [0.25, 0.3) is 11.0 Å². The number of piperidine rings is 1. The van der Waals surface area contributed by atoms with Gasteiger partial charge in [0, 0.05) is 25.1 Å². The number of rotatable bonds is 3. The number of nitrogens with one attached hydrogen (secondary N) is 1. The van der Waals surface area contributed by atoms with Crippen molar-refractivity contribution in [2.45, 2.75) is 25.8 Å². The number of furan rings is 1. The molecule has 0 aliphatic carbocycles. The van der Waals surface area contributed by atoms with Crippen molar-refractivity contribution >= 4 is 17.0 Å². The molecule has 0 radical (unpaired) electrons. The van der Waals surface area contributed by atoms with Gasteiger partial charge < -0.3 is 19.7 Å². The highest BCUT2D eigenvalue weighted by Gasteiger charge is 2.24. The van der Waals surface area contributed by atoms with Crippen LogP contribution in [0.3, 0.4) is 0 Å². The second kappa shape index (κ2) is 6.40. The van der Waals surface area contributed by atoms with Crippen LogP contribution in [-0.4, -0.2) is 35.7 Å². The molecule has 2 N–H and O–H groups in total. The quantitative estimate of drug-likeness (QED) is 0.916. The molecule has 1 aliphatic rings. The van der Waals surface area contributed by atoms with Crippen molar-refractivity contribution in [3.63, 3.8) is 0 Å². The van der Waals surface area contributed by atoms with Gasteiger partial charge in [-0.15, -0.1) is 0 Å². The lowest BCUT2D eigenvalue weighted by molar-refractivity contribution is 0.135. The number of benzene rings is 1. The van der Waals surface area contributed by atoms with Crippen LogP contribution in [0, 0.1) is 5.92 Å². The first-order valence-electron chi connectivity index (χ1n) is 7.82. The molecule has 22 heavy (non-hydrogen) atoms. The summed E-state index contributed by atoms with van der Waals surface area (Å²) in [6.07, 6.45) is 1.73. The number of nitrogens with zero attached hydrogens (tertiary/aromatic N) is 1. The Kier molecular flexibility index (Phi) is 4.34. The van der Waals surface area contributed by atoms with Crippen LogP contribution < -0.4 is 5.32 Å². The van der Waals surface area contributed by atoms with Gasteiger partial charge in [-0.2, -0.15) is 0 Å². The number of aliphatic hydroxyl groups excluding tert-OH is 1. The van der Waals surface area contributed by atoms with Gasteiger partial charge in [-0.1, -0.05) is 18.2 Å². The summed E-state index contributed by atoms with van der Waals surface area (Å²) in [6.45, 7) is 3.54. The Morgan fingerprint density at radius 1 is 1.41 bits per heavy atom. The average Bonchev–Trinajstić information content (AvgIpc) is 2.99. The molecule has 5 nitrogen and oxygen atoms in total. The van der Waals surface area contributed by atoms with Crippen LogP contribution in [0.4, 0.5) is 4.79 Å². The van der Waals surface area contributed by atoms with Crippen molar-refractivity contribution in [2.24, 2.45) is 5.92 Å². The molecule has 2 heterocycles. The van der Waals surface area contributed by atoms with E-state index in [-0.39, 0.29) is 18.7 Å². The van der Waals surface area contributed by atoms with E-state index >= 15 is 0 Å². The number of carbonyl (C=O) groups is 1. The Morgan fingerprint density at radius 3 is 2.82 bits per heavy atom. The van der Waals surface area contributed by atoms with Crippen LogP contribution in [0.1, 0.15) is 31.6 Å². The highest BCUT2D eigenvalue weighted by Crippen LogP contribution is 2.24. The number of hydrogen-bond acceptors (Lipinski definition) is 3. The van der Waals surface area contributed by atoms with Gasteiger partial charge in [0.2, 0.25) is 0 Å². The summed E-state index contributed by atoms with van der Waals surface area (Å²) in [4.78, 5) is 14.1. The minimum absolute atomic E-state index is 0.0654. The monoisotopic (exact) mass is 302 g/mol. The number of carbonyl (C=O) groups excluding carboxylic acids is 1.